The van der Waals surface area contributed by atoms with Gasteiger partial charge in [-0.2, -0.15) is 0 Å². The number of hydrogen-bond acceptors (Lipinski definition) is 8. The molecule has 1 aromatic heterocycles. The van der Waals surface area contributed by atoms with Crippen molar-refractivity contribution in [3.05, 3.63) is 101 Å². The van der Waals surface area contributed by atoms with Crippen LogP contribution in [0.2, 0.25) is 0 Å². The first-order valence-corrected chi connectivity index (χ1v) is 12.7. The lowest BCUT2D eigenvalue weighted by Gasteiger charge is -2.21. The summed E-state index contributed by atoms with van der Waals surface area (Å²) in [5.41, 5.74) is 3.15. The number of benzene rings is 2. The van der Waals surface area contributed by atoms with Crippen LogP contribution in [0, 0.1) is 13.8 Å². The van der Waals surface area contributed by atoms with Crippen molar-refractivity contribution in [1.29, 1.82) is 0 Å². The number of rotatable bonds is 8. The Balaban J connectivity index is 0.000000302. The maximum absolute atomic E-state index is 12.2. The highest BCUT2D eigenvalue weighted by atomic mass is 16.6. The van der Waals surface area contributed by atoms with E-state index >= 15 is 0 Å². The fraction of sp³-hybridized carbons (Fsp3) is 0.300. The van der Waals surface area contributed by atoms with Gasteiger partial charge in [0.2, 0.25) is 12.2 Å². The van der Waals surface area contributed by atoms with Crippen LogP contribution in [0.25, 0.3) is 0 Å². The van der Waals surface area contributed by atoms with E-state index in [0.29, 0.717) is 6.04 Å². The van der Waals surface area contributed by atoms with E-state index in [1.807, 2.05) is 18.5 Å². The van der Waals surface area contributed by atoms with Gasteiger partial charge >= 0.3 is 23.9 Å². The van der Waals surface area contributed by atoms with Crippen molar-refractivity contribution in [3.63, 3.8) is 0 Å². The van der Waals surface area contributed by atoms with Crippen LogP contribution < -0.4 is 0 Å². The van der Waals surface area contributed by atoms with Gasteiger partial charge in [0.05, 0.1) is 11.1 Å². The van der Waals surface area contributed by atoms with Crippen LogP contribution >= 0.6 is 0 Å². The third-order valence-corrected chi connectivity index (χ3v) is 6.39. The van der Waals surface area contributed by atoms with Crippen LogP contribution in [0.3, 0.4) is 0 Å². The molecule has 2 N–H and O–H groups in total. The second kappa shape index (κ2) is 14.0. The lowest BCUT2D eigenvalue weighted by atomic mass is 10.1. The summed E-state index contributed by atoms with van der Waals surface area (Å²) in [7, 11) is 2.19. The van der Waals surface area contributed by atoms with Gasteiger partial charge in [0.1, 0.15) is 0 Å². The monoisotopic (exact) mass is 548 g/mol. The van der Waals surface area contributed by atoms with Crippen molar-refractivity contribution in [2.24, 2.45) is 0 Å². The number of carboxylic acid groups (broad SMARTS) is 2. The number of aliphatic carboxylic acids is 2. The fourth-order valence-electron chi connectivity index (χ4n) is 4.13. The molecule has 0 spiro atoms. The van der Waals surface area contributed by atoms with Gasteiger partial charge < -0.3 is 19.7 Å². The van der Waals surface area contributed by atoms with Crippen LogP contribution in [0.4, 0.5) is 0 Å². The van der Waals surface area contributed by atoms with Crippen LogP contribution in [0.5, 0.6) is 0 Å². The molecule has 0 aliphatic carbocycles. The molecule has 4 rings (SSSR count). The number of carbonyl (C=O) groups excluding carboxylic acids is 2. The van der Waals surface area contributed by atoms with E-state index in [2.05, 4.69) is 23.0 Å². The Morgan fingerprint density at radius 3 is 1.65 bits per heavy atom. The van der Waals surface area contributed by atoms with E-state index < -0.39 is 36.1 Å². The number of nitrogens with zero attached hydrogens (tertiary/aromatic N) is 2. The Morgan fingerprint density at radius 2 is 1.30 bits per heavy atom. The smallest absolute Gasteiger partial charge is 0.349 e. The summed E-state index contributed by atoms with van der Waals surface area (Å²) in [5.74, 6) is -5.62. The third-order valence-electron chi connectivity index (χ3n) is 6.39. The van der Waals surface area contributed by atoms with E-state index in [-0.39, 0.29) is 11.1 Å². The molecular weight excluding hydrogens is 516 g/mol. The first-order valence-electron chi connectivity index (χ1n) is 12.7. The molecule has 2 unspecified atom stereocenters. The Morgan fingerprint density at radius 1 is 0.825 bits per heavy atom. The maximum atomic E-state index is 12.2. The van der Waals surface area contributed by atoms with E-state index in [4.69, 9.17) is 9.47 Å². The zero-order valence-electron chi connectivity index (χ0n) is 22.5. The van der Waals surface area contributed by atoms with Crippen LogP contribution in [0.15, 0.2) is 73.1 Å². The van der Waals surface area contributed by atoms with E-state index in [1.165, 1.54) is 49.2 Å². The lowest BCUT2D eigenvalue weighted by Crippen LogP contribution is -2.45. The molecule has 1 aliphatic heterocycles. The van der Waals surface area contributed by atoms with Gasteiger partial charge in [-0.3, -0.25) is 9.88 Å². The summed E-state index contributed by atoms with van der Waals surface area (Å²) >= 11 is 0. The molecule has 40 heavy (non-hydrogen) atoms. The summed E-state index contributed by atoms with van der Waals surface area (Å²) in [6.07, 6.45) is 1.96. The lowest BCUT2D eigenvalue weighted by molar-refractivity contribution is -0.166. The quantitative estimate of drug-likeness (QED) is 0.395. The number of likely N-dealkylation sites (tertiary alicyclic amines) is 1. The molecule has 0 radical (unpaired) electrons. The summed E-state index contributed by atoms with van der Waals surface area (Å²) in [4.78, 5) is 53.9. The molecule has 0 amide bonds. The second-order valence-corrected chi connectivity index (χ2v) is 9.49. The SMILES string of the molecule is CN1CCCC1c1cccnc1.Cc1ccc(C(=O)OC(C(=O)O)[C@@H](OC(=O)c2ccc(C)cc2)C(=O)O)cc1. The Kier molecular flexibility index (Phi) is 10.5. The highest BCUT2D eigenvalue weighted by Gasteiger charge is 2.41. The number of aromatic nitrogens is 1. The zero-order valence-corrected chi connectivity index (χ0v) is 22.5. The Labute approximate surface area is 232 Å². The van der Waals surface area contributed by atoms with Gasteiger partial charge in [0.15, 0.2) is 0 Å². The molecule has 3 aromatic rings. The molecule has 10 nitrogen and oxygen atoms in total. The van der Waals surface area contributed by atoms with Crippen molar-refractivity contribution in [2.75, 3.05) is 13.6 Å². The van der Waals surface area contributed by atoms with Crippen LogP contribution in [-0.2, 0) is 19.1 Å². The molecule has 0 bridgehead atoms. The molecule has 1 fully saturated rings. The predicted molar refractivity (Wildman–Crippen MR) is 145 cm³/mol. The van der Waals surface area contributed by atoms with Gasteiger partial charge in [-0.25, -0.2) is 19.2 Å². The van der Waals surface area contributed by atoms with Crippen molar-refractivity contribution < 1.29 is 38.9 Å². The first-order chi connectivity index (χ1) is 19.1. The number of carboxylic acids is 2. The van der Waals surface area contributed by atoms with E-state index in [9.17, 15) is 29.4 Å². The van der Waals surface area contributed by atoms with Gasteiger partial charge in [-0.1, -0.05) is 41.5 Å². The summed E-state index contributed by atoms with van der Waals surface area (Å²) in [6, 6.07) is 16.9. The number of pyridine rings is 1. The zero-order chi connectivity index (χ0) is 29.2. The molecule has 2 heterocycles. The second-order valence-electron chi connectivity index (χ2n) is 9.49. The van der Waals surface area contributed by atoms with E-state index in [1.54, 1.807) is 38.1 Å². The van der Waals surface area contributed by atoms with Crippen molar-refractivity contribution in [2.45, 2.75) is 44.9 Å². The van der Waals surface area contributed by atoms with Gasteiger partial charge in [0.25, 0.3) is 0 Å². The van der Waals surface area contributed by atoms with Gasteiger partial charge in [-0.05, 0) is 76.2 Å². The van der Waals surface area contributed by atoms with Crippen LogP contribution in [-0.4, -0.2) is 69.8 Å². The number of esters is 2. The van der Waals surface area contributed by atoms with Crippen LogP contribution in [0.1, 0.15) is 56.3 Å². The van der Waals surface area contributed by atoms with Crippen molar-refractivity contribution in [1.82, 2.24) is 9.88 Å². The maximum Gasteiger partial charge on any atom is 0.349 e. The third kappa shape index (κ3) is 8.21. The molecule has 2 aromatic carbocycles. The summed E-state index contributed by atoms with van der Waals surface area (Å²) in [6.45, 7) is 4.81. The molecule has 1 aliphatic rings. The average Bonchev–Trinajstić information content (AvgIpc) is 3.37. The molecule has 1 saturated heterocycles. The minimum atomic E-state index is -2.22. The fourth-order valence-corrected chi connectivity index (χ4v) is 4.13. The number of ether oxygens (including phenoxy) is 2. The topological polar surface area (TPSA) is 143 Å². The number of carbonyl (C=O) groups is 4. The first kappa shape index (κ1) is 30.0. The molecule has 10 heteroatoms. The molecule has 210 valence electrons. The average molecular weight is 549 g/mol. The number of hydrogen-bond donors (Lipinski definition) is 2. The molecule has 3 atom stereocenters. The molecular formula is C30H32N2O8. The number of aryl methyl sites for hydroxylation is 2. The van der Waals surface area contributed by atoms with Gasteiger partial charge in [-0.15, -0.1) is 0 Å². The Hall–Kier alpha value is -4.57. The van der Waals surface area contributed by atoms with Crippen molar-refractivity contribution >= 4 is 23.9 Å². The highest BCUT2D eigenvalue weighted by Crippen LogP contribution is 2.29. The predicted octanol–water partition coefficient (Wildman–Crippen LogP) is 4.07. The van der Waals surface area contributed by atoms with Gasteiger partial charge in [0, 0.05) is 18.4 Å². The van der Waals surface area contributed by atoms with Crippen molar-refractivity contribution in [3.8, 4) is 0 Å². The Bertz CT molecular complexity index is 1230. The van der Waals surface area contributed by atoms with E-state index in [0.717, 1.165) is 11.1 Å². The molecule has 0 saturated carbocycles. The minimum absolute atomic E-state index is 0.0332. The summed E-state index contributed by atoms with van der Waals surface area (Å²) in [5, 5.41) is 18.6. The largest absolute Gasteiger partial charge is 0.478 e. The minimum Gasteiger partial charge on any atom is -0.478 e. The normalized spacial score (nSPS) is 16.1. The summed E-state index contributed by atoms with van der Waals surface area (Å²) < 4.78 is 9.64. The standard InChI is InChI=1S/C20H18O8.C10H14N2/c1-11-3-7-13(8-4-11)19(25)27-15(17(21)22)16(18(23)24)28-20(26)14-9-5-12(2)6-10-14;1-12-7-3-5-10(12)9-4-2-6-11-8-9/h3-10,15-16H,1-2H3,(H,21,22)(H,23,24);2,4,6,8,10H,3,5,7H2,1H3/t15-,16?;/m1./s1. The highest BCUT2D eigenvalue weighted by molar-refractivity contribution is 5.95.